The Kier molecular flexibility index (Phi) is 2.95. The Hall–Kier alpha value is -3.58. The molecule has 6 rings (SSSR count). The van der Waals surface area contributed by atoms with Crippen LogP contribution in [0.5, 0.6) is 0 Å². The molecule has 0 N–H and O–H groups in total. The van der Waals surface area contributed by atoms with Gasteiger partial charge in [0, 0.05) is 10.9 Å². The highest BCUT2D eigenvalue weighted by Crippen LogP contribution is 2.38. The van der Waals surface area contributed by atoms with Crippen molar-refractivity contribution in [2.45, 2.75) is 0 Å². The van der Waals surface area contributed by atoms with Crippen LogP contribution in [-0.4, -0.2) is 0 Å². The smallest absolute Gasteiger partial charge is 0.134 e. The lowest BCUT2D eigenvalue weighted by Crippen LogP contribution is -1.84. The molecule has 0 atom stereocenters. The molecule has 0 spiro atoms. The Morgan fingerprint density at radius 3 is 2.04 bits per heavy atom. The minimum atomic E-state index is 0.927. The highest BCUT2D eigenvalue weighted by Gasteiger charge is 2.12. The zero-order chi connectivity index (χ0) is 17.8. The number of para-hydroxylation sites is 1. The van der Waals surface area contributed by atoms with Crippen LogP contribution in [-0.2, 0) is 0 Å². The summed E-state index contributed by atoms with van der Waals surface area (Å²) in [7, 11) is 0. The first-order valence-electron chi connectivity index (χ1n) is 9.20. The van der Waals surface area contributed by atoms with Crippen molar-refractivity contribution in [2.75, 3.05) is 0 Å². The average molecular weight is 344 g/mol. The largest absolute Gasteiger partial charge is 0.464 e. The van der Waals surface area contributed by atoms with E-state index in [0.717, 1.165) is 16.5 Å². The quantitative estimate of drug-likeness (QED) is 0.280. The van der Waals surface area contributed by atoms with E-state index in [1.807, 2.05) is 18.4 Å². The number of hydrogen-bond donors (Lipinski definition) is 0. The van der Waals surface area contributed by atoms with Crippen molar-refractivity contribution < 1.29 is 4.42 Å². The summed E-state index contributed by atoms with van der Waals surface area (Å²) >= 11 is 0. The minimum Gasteiger partial charge on any atom is -0.464 e. The first-order valence-corrected chi connectivity index (χ1v) is 9.20. The van der Waals surface area contributed by atoms with E-state index in [2.05, 4.69) is 78.9 Å². The van der Waals surface area contributed by atoms with E-state index in [1.165, 1.54) is 37.9 Å². The third-order valence-electron chi connectivity index (χ3n) is 5.55. The van der Waals surface area contributed by atoms with Crippen molar-refractivity contribution in [3.05, 3.63) is 97.3 Å². The zero-order valence-corrected chi connectivity index (χ0v) is 14.6. The van der Waals surface area contributed by atoms with E-state index in [4.69, 9.17) is 4.42 Å². The van der Waals surface area contributed by atoms with Gasteiger partial charge in [0.15, 0.2) is 0 Å². The fourth-order valence-electron chi connectivity index (χ4n) is 4.28. The van der Waals surface area contributed by atoms with E-state index in [-0.39, 0.29) is 0 Å². The van der Waals surface area contributed by atoms with E-state index in [9.17, 15) is 0 Å². The van der Waals surface area contributed by atoms with E-state index < -0.39 is 0 Å². The van der Waals surface area contributed by atoms with E-state index in [1.54, 1.807) is 0 Å². The molecule has 1 heteroatoms. The molecule has 0 amide bonds. The van der Waals surface area contributed by atoms with E-state index >= 15 is 0 Å². The van der Waals surface area contributed by atoms with Gasteiger partial charge in [-0.15, -0.1) is 0 Å². The summed E-state index contributed by atoms with van der Waals surface area (Å²) in [5.41, 5.74) is 3.29. The van der Waals surface area contributed by atoms with Crippen LogP contribution < -0.4 is 0 Å². The van der Waals surface area contributed by atoms with Crippen LogP contribution in [0.1, 0.15) is 0 Å². The van der Waals surface area contributed by atoms with Gasteiger partial charge in [-0.2, -0.15) is 0 Å². The third-order valence-corrected chi connectivity index (χ3v) is 5.55. The monoisotopic (exact) mass is 344 g/mol. The maximum atomic E-state index is 5.80. The van der Waals surface area contributed by atoms with Crippen molar-refractivity contribution in [1.29, 1.82) is 0 Å². The predicted molar refractivity (Wildman–Crippen MR) is 114 cm³/mol. The second-order valence-electron chi connectivity index (χ2n) is 6.99. The normalized spacial score (nSPS) is 11.7. The fourth-order valence-corrected chi connectivity index (χ4v) is 4.28. The van der Waals surface area contributed by atoms with Crippen LogP contribution in [0.3, 0.4) is 0 Å². The van der Waals surface area contributed by atoms with Crippen molar-refractivity contribution >= 4 is 43.3 Å². The van der Waals surface area contributed by atoms with Gasteiger partial charge in [0.25, 0.3) is 0 Å². The van der Waals surface area contributed by atoms with E-state index in [0.29, 0.717) is 0 Å². The molecule has 1 heterocycles. The zero-order valence-electron chi connectivity index (χ0n) is 14.6. The number of furan rings is 1. The highest BCUT2D eigenvalue weighted by molar-refractivity contribution is 6.20. The molecule has 0 radical (unpaired) electrons. The molecular formula is C26H16O. The molecule has 5 aromatic carbocycles. The topological polar surface area (TPSA) is 13.1 Å². The number of hydrogen-bond acceptors (Lipinski definition) is 1. The standard InChI is InChI=1S/C26H16O/c1-2-7-18-17(6-1)12-13-22-19-9-5-10-20(23(19)15-14-21(18)22)25-16-27-26-11-4-3-8-24(25)26/h1-16H. The van der Waals surface area contributed by atoms with Crippen LogP contribution in [0.15, 0.2) is 102 Å². The minimum absolute atomic E-state index is 0.927. The first-order chi connectivity index (χ1) is 13.4. The Morgan fingerprint density at radius 1 is 0.407 bits per heavy atom. The Labute approximate surface area is 156 Å². The molecule has 0 bridgehead atoms. The van der Waals surface area contributed by atoms with Gasteiger partial charge in [-0.05, 0) is 43.9 Å². The molecular weight excluding hydrogens is 328 g/mol. The summed E-state index contributed by atoms with van der Waals surface area (Å²) < 4.78 is 5.80. The number of fused-ring (bicyclic) bond motifs is 6. The Balaban J connectivity index is 1.73. The average Bonchev–Trinajstić information content (AvgIpc) is 3.17. The molecule has 0 fully saturated rings. The van der Waals surface area contributed by atoms with Gasteiger partial charge in [-0.1, -0.05) is 84.9 Å². The highest BCUT2D eigenvalue weighted by atomic mass is 16.3. The second-order valence-corrected chi connectivity index (χ2v) is 6.99. The van der Waals surface area contributed by atoms with Crippen molar-refractivity contribution in [1.82, 2.24) is 0 Å². The summed E-state index contributed by atoms with van der Waals surface area (Å²) in [5, 5.41) is 8.87. The SMILES string of the molecule is c1ccc2c(c1)ccc1c3cccc(-c4coc5ccccc45)c3ccc21. The van der Waals surface area contributed by atoms with Crippen molar-refractivity contribution in [2.24, 2.45) is 0 Å². The van der Waals surface area contributed by atoms with Crippen molar-refractivity contribution in [3.8, 4) is 11.1 Å². The van der Waals surface area contributed by atoms with Crippen LogP contribution in [0.25, 0.3) is 54.4 Å². The number of benzene rings is 5. The lowest BCUT2D eigenvalue weighted by Gasteiger charge is -2.10. The Bertz CT molecular complexity index is 1470. The lowest BCUT2D eigenvalue weighted by atomic mass is 9.92. The third kappa shape index (κ3) is 2.06. The molecule has 0 saturated carbocycles. The van der Waals surface area contributed by atoms with Gasteiger partial charge < -0.3 is 4.42 Å². The van der Waals surface area contributed by atoms with Gasteiger partial charge in [-0.25, -0.2) is 0 Å². The molecule has 27 heavy (non-hydrogen) atoms. The van der Waals surface area contributed by atoms with Crippen molar-refractivity contribution in [3.63, 3.8) is 0 Å². The van der Waals surface area contributed by atoms with Crippen LogP contribution in [0, 0.1) is 0 Å². The first kappa shape index (κ1) is 14.6. The maximum Gasteiger partial charge on any atom is 0.134 e. The molecule has 0 saturated heterocycles. The summed E-state index contributed by atoms with van der Waals surface area (Å²) in [5.74, 6) is 0. The van der Waals surface area contributed by atoms with Gasteiger partial charge in [0.2, 0.25) is 0 Å². The molecule has 0 aliphatic heterocycles. The molecule has 1 nitrogen and oxygen atoms in total. The van der Waals surface area contributed by atoms with Gasteiger partial charge >= 0.3 is 0 Å². The molecule has 6 aromatic rings. The van der Waals surface area contributed by atoms with Gasteiger partial charge in [0.05, 0.1) is 6.26 Å². The molecule has 126 valence electrons. The molecule has 0 aliphatic carbocycles. The summed E-state index contributed by atoms with van der Waals surface area (Å²) in [6.07, 6.45) is 1.88. The molecule has 0 aliphatic rings. The Morgan fingerprint density at radius 2 is 1.07 bits per heavy atom. The van der Waals surface area contributed by atoms with Crippen LogP contribution >= 0.6 is 0 Å². The lowest BCUT2D eigenvalue weighted by molar-refractivity contribution is 0.617. The summed E-state index contributed by atoms with van der Waals surface area (Å²) in [6, 6.07) is 32.3. The number of rotatable bonds is 1. The summed E-state index contributed by atoms with van der Waals surface area (Å²) in [4.78, 5) is 0. The second kappa shape index (κ2) is 5.46. The molecule has 1 aromatic heterocycles. The van der Waals surface area contributed by atoms with Gasteiger partial charge in [0.1, 0.15) is 5.58 Å². The fraction of sp³-hybridized carbons (Fsp3) is 0. The predicted octanol–water partition coefficient (Wildman–Crippen LogP) is 7.56. The van der Waals surface area contributed by atoms with Crippen LogP contribution in [0.2, 0.25) is 0 Å². The summed E-state index contributed by atoms with van der Waals surface area (Å²) in [6.45, 7) is 0. The maximum absolute atomic E-state index is 5.80. The van der Waals surface area contributed by atoms with Gasteiger partial charge in [-0.3, -0.25) is 0 Å². The molecule has 0 unspecified atom stereocenters. The van der Waals surface area contributed by atoms with Crippen LogP contribution in [0.4, 0.5) is 0 Å².